The van der Waals surface area contributed by atoms with Crippen molar-refractivity contribution in [2.24, 2.45) is 23.7 Å². The van der Waals surface area contributed by atoms with Crippen LogP contribution in [0.5, 0.6) is 0 Å². The monoisotopic (exact) mass is 166 g/mol. The minimum Gasteiger partial charge on any atom is -0.465 e. The van der Waals surface area contributed by atoms with Gasteiger partial charge in [-0.25, -0.2) is 0 Å². The van der Waals surface area contributed by atoms with E-state index in [2.05, 4.69) is 0 Å². The molecule has 0 aromatic heterocycles. The van der Waals surface area contributed by atoms with Crippen molar-refractivity contribution in [1.29, 1.82) is 0 Å². The van der Waals surface area contributed by atoms with Crippen molar-refractivity contribution in [2.45, 2.75) is 6.10 Å². The number of rotatable bonds is 0. The highest BCUT2D eigenvalue weighted by Crippen LogP contribution is 2.51. The maximum Gasteiger partial charge on any atom is 0.310 e. The first-order chi connectivity index (χ1) is 5.79. The number of carbonyl (C=O) groups excluding carboxylic acids is 1. The third-order valence-electron chi connectivity index (χ3n) is 3.40. The van der Waals surface area contributed by atoms with Gasteiger partial charge in [0.2, 0.25) is 0 Å². The van der Waals surface area contributed by atoms with Gasteiger partial charge in [-0.3, -0.25) is 4.79 Å². The summed E-state index contributed by atoms with van der Waals surface area (Å²) in [4.78, 5) is 11.2. The summed E-state index contributed by atoms with van der Waals surface area (Å²) < 4.78 is 4.96. The van der Waals surface area contributed by atoms with Crippen molar-refractivity contribution >= 4 is 5.97 Å². The smallest absolute Gasteiger partial charge is 0.310 e. The Labute approximate surface area is 70.0 Å². The molecular weight excluding hydrogens is 156 g/mol. The molecule has 0 amide bonds. The first kappa shape index (κ1) is 6.66. The average Bonchev–Trinajstić information content (AvgIpc) is 2.66. The number of carbonyl (C=O) groups is 1. The van der Waals surface area contributed by atoms with Crippen molar-refractivity contribution in [3.63, 3.8) is 0 Å². The standard InChI is InChI=1S/C9H10O3/c10-8-4-1-2-5(8)7-6(4)3-12-9(7)11/h1-2,4-8,10H,3H2/t4-,5+,6+,7-,8-/m1/s1. The fourth-order valence-electron chi connectivity index (χ4n) is 2.82. The summed E-state index contributed by atoms with van der Waals surface area (Å²) in [6.45, 7) is 0.506. The molecule has 2 bridgehead atoms. The normalized spacial score (nSPS) is 54.4. The zero-order valence-electron chi connectivity index (χ0n) is 6.51. The first-order valence-electron chi connectivity index (χ1n) is 4.32. The van der Waals surface area contributed by atoms with E-state index in [1.54, 1.807) is 0 Å². The number of esters is 1. The summed E-state index contributed by atoms with van der Waals surface area (Å²) in [5, 5.41) is 9.68. The third-order valence-corrected chi connectivity index (χ3v) is 3.40. The van der Waals surface area contributed by atoms with E-state index in [4.69, 9.17) is 4.74 Å². The van der Waals surface area contributed by atoms with Gasteiger partial charge in [0.25, 0.3) is 0 Å². The molecule has 64 valence electrons. The van der Waals surface area contributed by atoms with Crippen LogP contribution in [0.2, 0.25) is 0 Å². The second-order valence-corrected chi connectivity index (χ2v) is 3.85. The Balaban J connectivity index is 2.03. The third kappa shape index (κ3) is 0.556. The Morgan fingerprint density at radius 3 is 2.92 bits per heavy atom. The molecule has 0 radical (unpaired) electrons. The topological polar surface area (TPSA) is 46.5 Å². The molecule has 2 aliphatic carbocycles. The fourth-order valence-corrected chi connectivity index (χ4v) is 2.82. The van der Waals surface area contributed by atoms with Gasteiger partial charge >= 0.3 is 5.97 Å². The molecule has 0 aromatic carbocycles. The van der Waals surface area contributed by atoms with E-state index >= 15 is 0 Å². The van der Waals surface area contributed by atoms with Crippen molar-refractivity contribution in [2.75, 3.05) is 6.61 Å². The van der Waals surface area contributed by atoms with Crippen LogP contribution in [-0.2, 0) is 9.53 Å². The molecule has 0 unspecified atom stereocenters. The molecule has 5 atom stereocenters. The molecule has 1 heterocycles. The number of hydrogen-bond acceptors (Lipinski definition) is 3. The summed E-state index contributed by atoms with van der Waals surface area (Å²) in [7, 11) is 0. The zero-order valence-corrected chi connectivity index (χ0v) is 6.51. The van der Waals surface area contributed by atoms with Crippen LogP contribution in [0, 0.1) is 23.7 Å². The van der Waals surface area contributed by atoms with E-state index in [1.165, 1.54) is 0 Å². The van der Waals surface area contributed by atoms with Crippen molar-refractivity contribution in [3.8, 4) is 0 Å². The maximum atomic E-state index is 11.2. The van der Waals surface area contributed by atoms with Crippen LogP contribution in [0.1, 0.15) is 0 Å². The van der Waals surface area contributed by atoms with Gasteiger partial charge in [0.15, 0.2) is 0 Å². The van der Waals surface area contributed by atoms with Gasteiger partial charge in [0.1, 0.15) is 0 Å². The lowest BCUT2D eigenvalue weighted by molar-refractivity contribution is -0.142. The molecule has 1 N–H and O–H groups in total. The molecule has 3 rings (SSSR count). The summed E-state index contributed by atoms with van der Waals surface area (Å²) in [6.07, 6.45) is 3.66. The highest BCUT2D eigenvalue weighted by atomic mass is 16.5. The molecule has 2 fully saturated rings. The Morgan fingerprint density at radius 1 is 1.42 bits per heavy atom. The van der Waals surface area contributed by atoms with Crippen LogP contribution in [0.4, 0.5) is 0 Å². The van der Waals surface area contributed by atoms with E-state index in [0.29, 0.717) is 6.61 Å². The molecule has 1 saturated heterocycles. The molecule has 3 aliphatic rings. The molecular formula is C9H10O3. The van der Waals surface area contributed by atoms with Crippen molar-refractivity contribution in [3.05, 3.63) is 12.2 Å². The van der Waals surface area contributed by atoms with Crippen LogP contribution in [0.25, 0.3) is 0 Å². The lowest BCUT2D eigenvalue weighted by atomic mass is 9.86. The molecule has 3 nitrogen and oxygen atoms in total. The predicted octanol–water partition coefficient (Wildman–Crippen LogP) is -0.0477. The highest BCUT2D eigenvalue weighted by molar-refractivity contribution is 5.77. The Morgan fingerprint density at radius 2 is 2.17 bits per heavy atom. The van der Waals surface area contributed by atoms with E-state index in [-0.39, 0.29) is 35.7 Å². The minimum absolute atomic E-state index is 0.0370. The lowest BCUT2D eigenvalue weighted by Gasteiger charge is -2.13. The lowest BCUT2D eigenvalue weighted by Crippen LogP contribution is -2.21. The SMILES string of the molecule is O=C1OC[C@H]2[C@H]3C=C[C@H]([C@@H]3O)[C@@H]12. The summed E-state index contributed by atoms with van der Waals surface area (Å²) in [5.41, 5.74) is 0. The number of aliphatic hydroxyl groups is 1. The van der Waals surface area contributed by atoms with Crippen LogP contribution >= 0.6 is 0 Å². The maximum absolute atomic E-state index is 11.2. The molecule has 0 spiro atoms. The van der Waals surface area contributed by atoms with Gasteiger partial charge in [-0.2, -0.15) is 0 Å². The number of aliphatic hydroxyl groups excluding tert-OH is 1. The summed E-state index contributed by atoms with van der Waals surface area (Å²) >= 11 is 0. The summed E-state index contributed by atoms with van der Waals surface area (Å²) in [6, 6.07) is 0. The second kappa shape index (κ2) is 1.91. The van der Waals surface area contributed by atoms with Crippen LogP contribution in [0.3, 0.4) is 0 Å². The molecule has 1 saturated carbocycles. The number of ether oxygens (including phenoxy) is 1. The first-order valence-corrected chi connectivity index (χ1v) is 4.32. The molecule has 1 aliphatic heterocycles. The van der Waals surface area contributed by atoms with E-state index < -0.39 is 0 Å². The zero-order chi connectivity index (χ0) is 8.29. The largest absolute Gasteiger partial charge is 0.465 e. The van der Waals surface area contributed by atoms with E-state index in [9.17, 15) is 9.90 Å². The number of cyclic esters (lactones) is 1. The van der Waals surface area contributed by atoms with Crippen molar-refractivity contribution in [1.82, 2.24) is 0 Å². The highest BCUT2D eigenvalue weighted by Gasteiger charge is 2.57. The fraction of sp³-hybridized carbons (Fsp3) is 0.667. The molecule has 12 heavy (non-hydrogen) atoms. The van der Waals surface area contributed by atoms with Gasteiger partial charge in [0, 0.05) is 17.8 Å². The number of hydrogen-bond donors (Lipinski definition) is 1. The molecule has 3 heteroatoms. The van der Waals surface area contributed by atoms with Gasteiger partial charge in [0.05, 0.1) is 18.6 Å². The van der Waals surface area contributed by atoms with Crippen LogP contribution in [-0.4, -0.2) is 23.8 Å². The van der Waals surface area contributed by atoms with E-state index in [1.807, 2.05) is 12.2 Å². The average molecular weight is 166 g/mol. The minimum atomic E-state index is -0.326. The number of fused-ring (bicyclic) bond motifs is 5. The van der Waals surface area contributed by atoms with Crippen LogP contribution < -0.4 is 0 Å². The van der Waals surface area contributed by atoms with Gasteiger partial charge in [-0.1, -0.05) is 12.2 Å². The van der Waals surface area contributed by atoms with Gasteiger partial charge in [-0.05, 0) is 0 Å². The predicted molar refractivity (Wildman–Crippen MR) is 40.1 cm³/mol. The van der Waals surface area contributed by atoms with E-state index in [0.717, 1.165) is 0 Å². The Bertz CT molecular complexity index is 271. The quantitative estimate of drug-likeness (QED) is 0.405. The van der Waals surface area contributed by atoms with Crippen LogP contribution in [0.15, 0.2) is 12.2 Å². The Hall–Kier alpha value is -0.830. The summed E-state index contributed by atoms with van der Waals surface area (Å²) in [5.74, 6) is 0.301. The van der Waals surface area contributed by atoms with Gasteiger partial charge in [-0.15, -0.1) is 0 Å². The Kier molecular flexibility index (Phi) is 1.06. The van der Waals surface area contributed by atoms with Gasteiger partial charge < -0.3 is 9.84 Å². The molecule has 0 aromatic rings. The second-order valence-electron chi connectivity index (χ2n) is 3.85. The van der Waals surface area contributed by atoms with Crippen molar-refractivity contribution < 1.29 is 14.6 Å².